The molecule has 20 heavy (non-hydrogen) atoms. The number of methoxy groups -OCH3 is 1. The van der Waals surface area contributed by atoms with Crippen LogP contribution >= 0.6 is 0 Å². The third-order valence-corrected chi connectivity index (χ3v) is 3.93. The fourth-order valence-electron chi connectivity index (χ4n) is 2.94. The van der Waals surface area contributed by atoms with Gasteiger partial charge in [0.05, 0.1) is 24.5 Å². The zero-order chi connectivity index (χ0) is 13.9. The maximum absolute atomic E-state index is 11.6. The number of imidazole rings is 1. The van der Waals surface area contributed by atoms with Gasteiger partial charge in [-0.15, -0.1) is 0 Å². The number of amides is 1. The molecule has 1 aliphatic heterocycles. The van der Waals surface area contributed by atoms with E-state index in [2.05, 4.69) is 15.6 Å². The summed E-state index contributed by atoms with van der Waals surface area (Å²) in [6.07, 6.45) is 3.85. The van der Waals surface area contributed by atoms with E-state index in [1.807, 2.05) is 24.5 Å². The second kappa shape index (κ2) is 5.53. The molecule has 1 aromatic heterocycles. The predicted molar refractivity (Wildman–Crippen MR) is 76.4 cm³/mol. The second-order valence-corrected chi connectivity index (χ2v) is 5.31. The summed E-state index contributed by atoms with van der Waals surface area (Å²) in [5.74, 6) is 0.459. The first kappa shape index (κ1) is 13.0. The highest BCUT2D eigenvalue weighted by atomic mass is 16.5. The Balaban J connectivity index is 1.72. The van der Waals surface area contributed by atoms with Crippen molar-refractivity contribution in [3.05, 3.63) is 30.6 Å². The van der Waals surface area contributed by atoms with Gasteiger partial charge in [0.1, 0.15) is 0 Å². The van der Waals surface area contributed by atoms with E-state index in [1.54, 1.807) is 4.90 Å². The zero-order valence-electron chi connectivity index (χ0n) is 11.7. The molecule has 2 aromatic rings. The number of hydrogen-bond donors (Lipinski definition) is 0. The summed E-state index contributed by atoms with van der Waals surface area (Å²) in [7, 11) is 1.44. The standard InChI is InChI=1S/C15H19N3O2/c1-20-15(19)17-8-4-5-12(9-17)10-18-11-16-13-6-2-3-7-14(13)18/h2-3,6-7,11-12H,4-5,8-10H2,1H3. The quantitative estimate of drug-likeness (QED) is 0.844. The first-order valence-corrected chi connectivity index (χ1v) is 7.00. The number of carbonyl (C=O) groups is 1. The third kappa shape index (κ3) is 2.48. The Kier molecular flexibility index (Phi) is 3.58. The van der Waals surface area contributed by atoms with Crippen LogP contribution in [0.2, 0.25) is 0 Å². The Morgan fingerprint density at radius 3 is 3.15 bits per heavy atom. The Morgan fingerprint density at radius 1 is 1.45 bits per heavy atom. The van der Waals surface area contributed by atoms with Crippen LogP contribution in [0.5, 0.6) is 0 Å². The lowest BCUT2D eigenvalue weighted by molar-refractivity contribution is 0.0992. The van der Waals surface area contributed by atoms with E-state index in [-0.39, 0.29) is 6.09 Å². The molecule has 3 rings (SSSR count). The number of piperidine rings is 1. The van der Waals surface area contributed by atoms with E-state index in [1.165, 1.54) is 7.11 Å². The number of hydrogen-bond acceptors (Lipinski definition) is 3. The van der Waals surface area contributed by atoms with Crippen molar-refractivity contribution in [2.24, 2.45) is 5.92 Å². The maximum Gasteiger partial charge on any atom is 0.409 e. The van der Waals surface area contributed by atoms with E-state index in [4.69, 9.17) is 4.74 Å². The molecule has 0 aliphatic carbocycles. The van der Waals surface area contributed by atoms with Gasteiger partial charge in [-0.25, -0.2) is 9.78 Å². The number of carbonyl (C=O) groups excluding carboxylic acids is 1. The van der Waals surface area contributed by atoms with Gasteiger partial charge in [-0.1, -0.05) is 12.1 Å². The van der Waals surface area contributed by atoms with Crippen LogP contribution in [0, 0.1) is 5.92 Å². The van der Waals surface area contributed by atoms with Crippen LogP contribution in [-0.2, 0) is 11.3 Å². The van der Waals surface area contributed by atoms with Gasteiger partial charge in [0, 0.05) is 19.6 Å². The molecule has 1 fully saturated rings. The minimum Gasteiger partial charge on any atom is -0.453 e. The number of para-hydroxylation sites is 2. The number of fused-ring (bicyclic) bond motifs is 1. The third-order valence-electron chi connectivity index (χ3n) is 3.93. The molecule has 5 nitrogen and oxygen atoms in total. The molecule has 0 N–H and O–H groups in total. The highest BCUT2D eigenvalue weighted by molar-refractivity contribution is 5.74. The first-order chi connectivity index (χ1) is 9.78. The number of benzene rings is 1. The minimum atomic E-state index is -0.217. The van der Waals surface area contributed by atoms with Crippen LogP contribution in [0.4, 0.5) is 4.79 Å². The number of ether oxygens (including phenoxy) is 1. The lowest BCUT2D eigenvalue weighted by Crippen LogP contribution is -2.40. The summed E-state index contributed by atoms with van der Waals surface area (Å²) in [5, 5.41) is 0. The highest BCUT2D eigenvalue weighted by Gasteiger charge is 2.24. The van der Waals surface area contributed by atoms with Crippen molar-refractivity contribution in [3.63, 3.8) is 0 Å². The Bertz CT molecular complexity index is 608. The van der Waals surface area contributed by atoms with E-state index < -0.39 is 0 Å². The van der Waals surface area contributed by atoms with Crippen molar-refractivity contribution in [2.75, 3.05) is 20.2 Å². The molecule has 2 heterocycles. The summed E-state index contributed by atoms with van der Waals surface area (Å²) >= 11 is 0. The maximum atomic E-state index is 11.6. The smallest absolute Gasteiger partial charge is 0.409 e. The molecule has 0 spiro atoms. The molecule has 1 amide bonds. The summed E-state index contributed by atoms with van der Waals surface area (Å²) in [4.78, 5) is 17.8. The van der Waals surface area contributed by atoms with Gasteiger partial charge in [0.15, 0.2) is 0 Å². The molecule has 1 aromatic carbocycles. The molecule has 0 saturated carbocycles. The average Bonchev–Trinajstić information content (AvgIpc) is 2.90. The van der Waals surface area contributed by atoms with Crippen LogP contribution in [0.1, 0.15) is 12.8 Å². The monoisotopic (exact) mass is 273 g/mol. The highest BCUT2D eigenvalue weighted by Crippen LogP contribution is 2.21. The van der Waals surface area contributed by atoms with Gasteiger partial charge in [-0.2, -0.15) is 0 Å². The van der Waals surface area contributed by atoms with Crippen LogP contribution in [-0.4, -0.2) is 40.7 Å². The van der Waals surface area contributed by atoms with Crippen molar-refractivity contribution >= 4 is 17.1 Å². The van der Waals surface area contributed by atoms with E-state index >= 15 is 0 Å². The molecule has 1 saturated heterocycles. The van der Waals surface area contributed by atoms with Gasteiger partial charge in [-0.3, -0.25) is 0 Å². The predicted octanol–water partition coefficient (Wildman–Crippen LogP) is 2.51. The number of nitrogens with zero attached hydrogens (tertiary/aromatic N) is 3. The Morgan fingerprint density at radius 2 is 2.30 bits per heavy atom. The van der Waals surface area contributed by atoms with Gasteiger partial charge < -0.3 is 14.2 Å². The van der Waals surface area contributed by atoms with Gasteiger partial charge >= 0.3 is 6.09 Å². The molecule has 106 valence electrons. The Labute approximate surface area is 118 Å². The molecule has 1 unspecified atom stereocenters. The van der Waals surface area contributed by atoms with Gasteiger partial charge in [0.2, 0.25) is 0 Å². The summed E-state index contributed by atoms with van der Waals surface area (Å²) in [6, 6.07) is 8.14. The number of aromatic nitrogens is 2. The molecule has 5 heteroatoms. The van der Waals surface area contributed by atoms with Crippen molar-refractivity contribution in [1.82, 2.24) is 14.5 Å². The molecule has 1 aliphatic rings. The normalized spacial score (nSPS) is 19.2. The number of likely N-dealkylation sites (tertiary alicyclic amines) is 1. The molecular weight excluding hydrogens is 254 g/mol. The lowest BCUT2D eigenvalue weighted by atomic mass is 9.98. The fraction of sp³-hybridized carbons (Fsp3) is 0.467. The second-order valence-electron chi connectivity index (χ2n) is 5.31. The number of rotatable bonds is 2. The molecule has 1 atom stereocenters. The summed E-state index contributed by atoms with van der Waals surface area (Å²) < 4.78 is 6.99. The SMILES string of the molecule is COC(=O)N1CCCC(Cn2cnc3ccccc32)C1. The van der Waals surface area contributed by atoms with Crippen molar-refractivity contribution in [3.8, 4) is 0 Å². The summed E-state index contributed by atoms with van der Waals surface area (Å²) in [5.41, 5.74) is 2.18. The van der Waals surface area contributed by atoms with Crippen LogP contribution in [0.3, 0.4) is 0 Å². The molecular formula is C15H19N3O2. The van der Waals surface area contributed by atoms with E-state index in [0.29, 0.717) is 5.92 Å². The Hall–Kier alpha value is -2.04. The topological polar surface area (TPSA) is 47.4 Å². The minimum absolute atomic E-state index is 0.217. The molecule has 0 radical (unpaired) electrons. The van der Waals surface area contributed by atoms with Crippen molar-refractivity contribution < 1.29 is 9.53 Å². The lowest BCUT2D eigenvalue weighted by Gasteiger charge is -2.31. The van der Waals surface area contributed by atoms with E-state index in [9.17, 15) is 4.79 Å². The van der Waals surface area contributed by atoms with Crippen LogP contribution in [0.15, 0.2) is 30.6 Å². The molecule has 0 bridgehead atoms. The van der Waals surface area contributed by atoms with Gasteiger partial charge in [-0.05, 0) is 30.9 Å². The first-order valence-electron chi connectivity index (χ1n) is 7.00. The summed E-state index contributed by atoms with van der Waals surface area (Å²) in [6.45, 7) is 2.46. The average molecular weight is 273 g/mol. The van der Waals surface area contributed by atoms with Crippen LogP contribution < -0.4 is 0 Å². The van der Waals surface area contributed by atoms with Crippen molar-refractivity contribution in [2.45, 2.75) is 19.4 Å². The van der Waals surface area contributed by atoms with Gasteiger partial charge in [0.25, 0.3) is 0 Å². The van der Waals surface area contributed by atoms with Crippen LogP contribution in [0.25, 0.3) is 11.0 Å². The fourth-order valence-corrected chi connectivity index (χ4v) is 2.94. The zero-order valence-corrected chi connectivity index (χ0v) is 11.7. The van der Waals surface area contributed by atoms with Crippen molar-refractivity contribution in [1.29, 1.82) is 0 Å². The largest absolute Gasteiger partial charge is 0.453 e. The van der Waals surface area contributed by atoms with E-state index in [0.717, 1.165) is 43.5 Å².